The summed E-state index contributed by atoms with van der Waals surface area (Å²) < 4.78 is 16.5. The maximum absolute atomic E-state index is 13.0. The molecule has 0 bridgehead atoms. The molecule has 27 heavy (non-hydrogen) atoms. The number of halogens is 1. The standard InChI is InChI=1S/C19H22ClN3O4/c1-11(2)18-21-19(27-22-18)14-4-3-5-23(14)17(24)9-12-8-15-16(10-13(12)20)26-7-6-25-15/h8,10-11,14H,3-7,9H2,1-2H3/t14-/m0/s1. The van der Waals surface area contributed by atoms with E-state index in [0.29, 0.717) is 48.0 Å². The number of hydrogen-bond donors (Lipinski definition) is 0. The highest BCUT2D eigenvalue weighted by Gasteiger charge is 2.34. The molecule has 1 atom stereocenters. The molecule has 8 heteroatoms. The topological polar surface area (TPSA) is 77.7 Å². The van der Waals surface area contributed by atoms with Gasteiger partial charge in [-0.3, -0.25) is 4.79 Å². The molecule has 7 nitrogen and oxygen atoms in total. The zero-order valence-corrected chi connectivity index (χ0v) is 16.2. The van der Waals surface area contributed by atoms with Gasteiger partial charge in [0.1, 0.15) is 19.3 Å². The van der Waals surface area contributed by atoms with E-state index < -0.39 is 0 Å². The molecule has 2 aliphatic heterocycles. The second kappa shape index (κ2) is 7.38. The largest absolute Gasteiger partial charge is 0.486 e. The first-order valence-corrected chi connectivity index (χ1v) is 9.61. The summed E-state index contributed by atoms with van der Waals surface area (Å²) in [5, 5.41) is 4.53. The Labute approximate surface area is 162 Å². The summed E-state index contributed by atoms with van der Waals surface area (Å²) in [6, 6.07) is 3.34. The first-order valence-electron chi connectivity index (χ1n) is 9.24. The number of amides is 1. The van der Waals surface area contributed by atoms with E-state index in [9.17, 15) is 4.79 Å². The number of ether oxygens (including phenoxy) is 2. The maximum atomic E-state index is 13.0. The van der Waals surface area contributed by atoms with Crippen molar-refractivity contribution in [2.45, 2.75) is 45.1 Å². The van der Waals surface area contributed by atoms with Crippen LogP contribution in [0, 0.1) is 0 Å². The van der Waals surface area contributed by atoms with E-state index in [-0.39, 0.29) is 24.3 Å². The van der Waals surface area contributed by atoms with Gasteiger partial charge in [0, 0.05) is 23.6 Å². The van der Waals surface area contributed by atoms with Crippen LogP contribution in [0.5, 0.6) is 11.5 Å². The Bertz CT molecular complexity index is 851. The second-order valence-corrected chi connectivity index (χ2v) is 7.56. The van der Waals surface area contributed by atoms with Crippen LogP contribution in [0.25, 0.3) is 0 Å². The summed E-state index contributed by atoms with van der Waals surface area (Å²) in [4.78, 5) is 19.2. The lowest BCUT2D eigenvalue weighted by Gasteiger charge is -2.23. The van der Waals surface area contributed by atoms with Gasteiger partial charge >= 0.3 is 0 Å². The van der Waals surface area contributed by atoms with Gasteiger partial charge < -0.3 is 18.9 Å². The number of rotatable bonds is 4. The number of benzene rings is 1. The molecule has 0 aliphatic carbocycles. The van der Waals surface area contributed by atoms with E-state index in [0.717, 1.165) is 18.4 Å². The number of hydrogen-bond acceptors (Lipinski definition) is 6. The maximum Gasteiger partial charge on any atom is 0.249 e. The van der Waals surface area contributed by atoms with Gasteiger partial charge in [0.15, 0.2) is 17.3 Å². The molecular formula is C19H22ClN3O4. The predicted octanol–water partition coefficient (Wildman–Crippen LogP) is 3.52. The molecule has 3 heterocycles. The summed E-state index contributed by atoms with van der Waals surface area (Å²) in [5.74, 6) is 2.60. The monoisotopic (exact) mass is 391 g/mol. The highest BCUT2D eigenvalue weighted by atomic mass is 35.5. The first kappa shape index (κ1) is 18.1. The van der Waals surface area contributed by atoms with Gasteiger partial charge in [0.2, 0.25) is 11.8 Å². The molecule has 2 aliphatic rings. The van der Waals surface area contributed by atoms with Crippen LogP contribution in [0.15, 0.2) is 16.7 Å². The molecule has 4 rings (SSSR count). The molecule has 1 saturated heterocycles. The summed E-state index contributed by atoms with van der Waals surface area (Å²) in [6.45, 7) is 5.68. The highest BCUT2D eigenvalue weighted by Crippen LogP contribution is 2.37. The fourth-order valence-corrected chi connectivity index (χ4v) is 3.67. The Kier molecular flexibility index (Phi) is 4.95. The molecule has 1 aromatic heterocycles. The van der Waals surface area contributed by atoms with E-state index in [2.05, 4.69) is 10.1 Å². The van der Waals surface area contributed by atoms with Crippen molar-refractivity contribution in [2.75, 3.05) is 19.8 Å². The number of nitrogens with zero attached hydrogens (tertiary/aromatic N) is 3. The fourth-order valence-electron chi connectivity index (χ4n) is 3.45. The summed E-state index contributed by atoms with van der Waals surface area (Å²) in [7, 11) is 0. The zero-order chi connectivity index (χ0) is 19.0. The third-order valence-corrected chi connectivity index (χ3v) is 5.24. The van der Waals surface area contributed by atoms with Crippen LogP contribution in [-0.2, 0) is 11.2 Å². The van der Waals surface area contributed by atoms with Crippen LogP contribution < -0.4 is 9.47 Å². The minimum absolute atomic E-state index is 0.0135. The Morgan fingerprint density at radius 3 is 2.74 bits per heavy atom. The van der Waals surface area contributed by atoms with Crippen molar-refractivity contribution in [2.24, 2.45) is 0 Å². The number of aromatic nitrogens is 2. The first-order chi connectivity index (χ1) is 13.0. The van der Waals surface area contributed by atoms with Crippen molar-refractivity contribution < 1.29 is 18.8 Å². The van der Waals surface area contributed by atoms with Gasteiger partial charge in [-0.1, -0.05) is 30.6 Å². The number of likely N-dealkylation sites (tertiary alicyclic amines) is 1. The van der Waals surface area contributed by atoms with Gasteiger partial charge in [-0.05, 0) is 24.5 Å². The molecule has 144 valence electrons. The normalized spacial score (nSPS) is 19.0. The minimum atomic E-state index is -0.173. The van der Waals surface area contributed by atoms with E-state index in [1.54, 1.807) is 12.1 Å². The molecule has 0 radical (unpaired) electrons. The van der Waals surface area contributed by atoms with Crippen LogP contribution in [0.4, 0.5) is 0 Å². The minimum Gasteiger partial charge on any atom is -0.486 e. The van der Waals surface area contributed by atoms with Crippen LogP contribution in [0.1, 0.15) is 55.9 Å². The summed E-state index contributed by atoms with van der Waals surface area (Å²) in [6.07, 6.45) is 1.92. The van der Waals surface area contributed by atoms with Crippen molar-refractivity contribution in [1.82, 2.24) is 15.0 Å². The number of fused-ring (bicyclic) bond motifs is 1. The molecule has 0 unspecified atom stereocenters. The average molecular weight is 392 g/mol. The van der Waals surface area contributed by atoms with Gasteiger partial charge in [0.25, 0.3) is 0 Å². The molecule has 1 aromatic carbocycles. The molecule has 1 fully saturated rings. The Morgan fingerprint density at radius 1 is 1.30 bits per heavy atom. The van der Waals surface area contributed by atoms with Crippen LogP contribution in [-0.4, -0.2) is 40.7 Å². The average Bonchev–Trinajstić information content (AvgIpc) is 3.31. The summed E-state index contributed by atoms with van der Waals surface area (Å²) >= 11 is 6.36. The molecular weight excluding hydrogens is 370 g/mol. The van der Waals surface area contributed by atoms with Crippen molar-refractivity contribution >= 4 is 17.5 Å². The fraction of sp³-hybridized carbons (Fsp3) is 0.526. The van der Waals surface area contributed by atoms with Crippen molar-refractivity contribution in [3.05, 3.63) is 34.4 Å². The molecule has 0 N–H and O–H groups in total. The lowest BCUT2D eigenvalue weighted by atomic mass is 10.1. The van der Waals surface area contributed by atoms with Crippen LogP contribution in [0.2, 0.25) is 5.02 Å². The van der Waals surface area contributed by atoms with Gasteiger partial charge in [-0.25, -0.2) is 0 Å². The molecule has 0 saturated carbocycles. The van der Waals surface area contributed by atoms with E-state index >= 15 is 0 Å². The van der Waals surface area contributed by atoms with Crippen molar-refractivity contribution in [3.63, 3.8) is 0 Å². The van der Waals surface area contributed by atoms with E-state index in [4.69, 9.17) is 25.6 Å². The molecule has 2 aromatic rings. The third-order valence-electron chi connectivity index (χ3n) is 4.88. The third kappa shape index (κ3) is 3.60. The number of carbonyl (C=O) groups is 1. The Morgan fingerprint density at radius 2 is 2.04 bits per heavy atom. The van der Waals surface area contributed by atoms with Crippen molar-refractivity contribution in [3.8, 4) is 11.5 Å². The second-order valence-electron chi connectivity index (χ2n) is 7.15. The van der Waals surface area contributed by atoms with Crippen LogP contribution >= 0.6 is 11.6 Å². The van der Waals surface area contributed by atoms with Gasteiger partial charge in [-0.15, -0.1) is 0 Å². The van der Waals surface area contributed by atoms with Crippen LogP contribution in [0.3, 0.4) is 0 Å². The predicted molar refractivity (Wildman–Crippen MR) is 98.2 cm³/mol. The smallest absolute Gasteiger partial charge is 0.249 e. The Hall–Kier alpha value is -2.28. The zero-order valence-electron chi connectivity index (χ0n) is 15.4. The summed E-state index contributed by atoms with van der Waals surface area (Å²) in [5.41, 5.74) is 0.727. The molecule has 1 amide bonds. The van der Waals surface area contributed by atoms with Gasteiger partial charge in [0.05, 0.1) is 6.42 Å². The Balaban J connectivity index is 1.52. The SMILES string of the molecule is CC(C)c1noc([C@@H]2CCCN2C(=O)Cc2cc3c(cc2Cl)OCCO3)n1. The lowest BCUT2D eigenvalue weighted by Crippen LogP contribution is -2.32. The quantitative estimate of drug-likeness (QED) is 0.793. The van der Waals surface area contributed by atoms with E-state index in [1.165, 1.54) is 0 Å². The molecule has 0 spiro atoms. The number of carbonyl (C=O) groups excluding carboxylic acids is 1. The highest BCUT2D eigenvalue weighted by molar-refractivity contribution is 6.31. The lowest BCUT2D eigenvalue weighted by molar-refractivity contribution is -0.131. The van der Waals surface area contributed by atoms with E-state index in [1.807, 2.05) is 18.7 Å². The van der Waals surface area contributed by atoms with Gasteiger partial charge in [-0.2, -0.15) is 4.98 Å². The van der Waals surface area contributed by atoms with Crippen molar-refractivity contribution in [1.29, 1.82) is 0 Å².